The number of nitrogens with zero attached hydrogens (tertiary/aromatic N) is 2. The summed E-state index contributed by atoms with van der Waals surface area (Å²) in [6, 6.07) is 27.7. The van der Waals surface area contributed by atoms with Crippen LogP contribution in [-0.2, 0) is 30.8 Å². The molecule has 0 radical (unpaired) electrons. The molecule has 16 heteroatoms. The Morgan fingerprint density at radius 1 is 0.954 bits per heavy atom. The first-order chi connectivity index (χ1) is 31.0. The van der Waals surface area contributed by atoms with Gasteiger partial charge in [0.15, 0.2) is 0 Å². The van der Waals surface area contributed by atoms with E-state index in [-0.39, 0.29) is 24.3 Å². The second-order valence-electron chi connectivity index (χ2n) is 17.9. The molecule has 2 unspecified atom stereocenters. The molecule has 5 amide bonds. The summed E-state index contributed by atoms with van der Waals surface area (Å²) in [6.07, 6.45) is 0.179. The van der Waals surface area contributed by atoms with Gasteiger partial charge in [-0.05, 0) is 47.2 Å². The Hall–Kier alpha value is -6.78. The summed E-state index contributed by atoms with van der Waals surface area (Å²) in [4.78, 5) is 63.4. The van der Waals surface area contributed by atoms with E-state index in [0.717, 1.165) is 16.7 Å². The summed E-state index contributed by atoms with van der Waals surface area (Å²) in [5.41, 5.74) is 1.19. The molecule has 5 N–H and O–H groups in total. The highest BCUT2D eigenvalue weighted by Gasteiger charge is 2.61. The number of benzene rings is 4. The molecule has 1 saturated heterocycles. The number of aromatic nitrogens is 1. The molecule has 8 rings (SSSR count). The number of hydrogen-bond acceptors (Lipinski definition) is 10. The number of rotatable bonds is 13. The Morgan fingerprint density at radius 2 is 1.65 bits per heavy atom. The van der Waals surface area contributed by atoms with E-state index in [2.05, 4.69) is 27.3 Å². The molecule has 1 aromatic heterocycles. The molecular weight excluding hydrogens is 849 g/mol. The fraction of sp³-hybridized carbons (Fsp3) is 0.327. The molecule has 2 aliphatic carbocycles. The molecule has 3 aliphatic rings. The zero-order valence-electron chi connectivity index (χ0n) is 36.5. The Labute approximate surface area is 377 Å². The minimum atomic E-state index is -4.31. The first kappa shape index (κ1) is 44.8. The zero-order valence-corrected chi connectivity index (χ0v) is 37.3. The van der Waals surface area contributed by atoms with E-state index in [1.165, 1.54) is 35.2 Å². The lowest BCUT2D eigenvalue weighted by Gasteiger charge is -2.34. The summed E-state index contributed by atoms with van der Waals surface area (Å²) in [5, 5.41) is 20.3. The fourth-order valence-electron chi connectivity index (χ4n) is 8.77. The van der Waals surface area contributed by atoms with Crippen molar-refractivity contribution in [3.05, 3.63) is 133 Å². The lowest BCUT2D eigenvalue weighted by Crippen LogP contribution is -2.60. The normalized spacial score (nSPS) is 22.8. The van der Waals surface area contributed by atoms with E-state index >= 15 is 0 Å². The van der Waals surface area contributed by atoms with Gasteiger partial charge in [-0.3, -0.25) is 14.4 Å². The second-order valence-corrected chi connectivity index (χ2v) is 19.5. The number of likely N-dealkylation sites (tertiary alicyclic amines) is 1. The minimum Gasteiger partial charge on any atom is -0.497 e. The number of carbonyl (C=O) groups excluding carboxylic acids is 4. The van der Waals surface area contributed by atoms with Crippen molar-refractivity contribution in [3.63, 3.8) is 0 Å². The maximum absolute atomic E-state index is 14.7. The van der Waals surface area contributed by atoms with Gasteiger partial charge in [0.2, 0.25) is 11.8 Å². The number of pyridine rings is 1. The van der Waals surface area contributed by atoms with Gasteiger partial charge in [-0.2, -0.15) is 0 Å². The highest BCUT2D eigenvalue weighted by molar-refractivity contribution is 7.90. The number of urea groups is 1. The molecule has 0 bridgehead atoms. The topological polar surface area (TPSA) is 205 Å². The summed E-state index contributed by atoms with van der Waals surface area (Å²) in [6.45, 7) is 9.06. The van der Waals surface area contributed by atoms with Crippen molar-refractivity contribution < 1.29 is 42.2 Å². The number of aliphatic hydroxyl groups excluding tert-OH is 1. The van der Waals surface area contributed by atoms with Gasteiger partial charge in [0.25, 0.3) is 15.9 Å². The van der Waals surface area contributed by atoms with Crippen LogP contribution in [0.1, 0.15) is 50.8 Å². The average Bonchev–Trinajstić information content (AvgIpc) is 3.70. The molecule has 5 aromatic rings. The van der Waals surface area contributed by atoms with Crippen LogP contribution in [0, 0.1) is 11.3 Å². The van der Waals surface area contributed by atoms with E-state index in [9.17, 15) is 32.7 Å². The number of nitrogens with one attached hydrogen (secondary N) is 4. The third kappa shape index (κ3) is 9.13. The van der Waals surface area contributed by atoms with Crippen LogP contribution in [0.25, 0.3) is 22.2 Å². The Kier molecular flexibility index (Phi) is 12.2. The molecule has 1 saturated carbocycles. The largest absolute Gasteiger partial charge is 0.497 e. The van der Waals surface area contributed by atoms with Crippen molar-refractivity contribution >= 4 is 44.7 Å². The number of sulfonamides is 1. The molecule has 7 atom stereocenters. The van der Waals surface area contributed by atoms with E-state index in [1.807, 2.05) is 60.7 Å². The molecular formula is C49H52N6O9S. The van der Waals surface area contributed by atoms with Crippen molar-refractivity contribution in [2.24, 2.45) is 11.3 Å². The highest BCUT2D eigenvalue weighted by Crippen LogP contribution is 2.45. The van der Waals surface area contributed by atoms with Crippen LogP contribution in [0.5, 0.6) is 11.5 Å². The third-order valence-electron chi connectivity index (χ3n) is 12.4. The number of ether oxygens (including phenoxy) is 2. The minimum absolute atomic E-state index is 0.0455. The molecule has 2 heterocycles. The van der Waals surface area contributed by atoms with Crippen LogP contribution in [-0.4, -0.2) is 90.6 Å². The number of hydrogen-bond donors (Lipinski definition) is 5. The quantitative estimate of drug-likeness (QED) is 0.0978. The van der Waals surface area contributed by atoms with Crippen LogP contribution < -0.4 is 30.1 Å². The van der Waals surface area contributed by atoms with Crippen LogP contribution in [0.3, 0.4) is 0 Å². The van der Waals surface area contributed by atoms with E-state index in [0.29, 0.717) is 34.5 Å². The highest BCUT2D eigenvalue weighted by atomic mass is 32.2. The van der Waals surface area contributed by atoms with E-state index in [4.69, 9.17) is 14.5 Å². The number of methoxy groups -OCH3 is 1. The Bertz CT molecular complexity index is 2770. The summed E-state index contributed by atoms with van der Waals surface area (Å²) < 4.78 is 40.9. The maximum atomic E-state index is 14.7. The molecule has 0 spiro atoms. The van der Waals surface area contributed by atoms with Crippen molar-refractivity contribution in [1.82, 2.24) is 30.6 Å². The van der Waals surface area contributed by atoms with Gasteiger partial charge in [0.05, 0.1) is 41.9 Å². The number of carbonyl (C=O) groups is 4. The predicted octanol–water partition coefficient (Wildman–Crippen LogP) is 5.20. The van der Waals surface area contributed by atoms with Gasteiger partial charge < -0.3 is 35.4 Å². The monoisotopic (exact) mass is 900 g/mol. The first-order valence-corrected chi connectivity index (χ1v) is 22.9. The van der Waals surface area contributed by atoms with E-state index < -0.39 is 81.0 Å². The molecule has 4 aromatic carbocycles. The van der Waals surface area contributed by atoms with Gasteiger partial charge >= 0.3 is 6.03 Å². The van der Waals surface area contributed by atoms with Gasteiger partial charge in [-0.15, -0.1) is 6.58 Å². The molecule has 2 fully saturated rings. The van der Waals surface area contributed by atoms with Crippen LogP contribution >= 0.6 is 0 Å². The SMILES string of the molecule is C=CC1CC1(NC(=O)[C@@H]1C[C@@H](Oc2cc(-c3ccccc3)nc3cc(OC)ccc23)CN1C(=O)N[C@H](C(=O)N[C@H]1c2ccccc2C[C@H]1O)C(C)(C)C)C(=O)NS(=O)(=O)c1ccccc1. The molecule has 65 heavy (non-hydrogen) atoms. The second kappa shape index (κ2) is 17.7. The van der Waals surface area contributed by atoms with E-state index in [1.54, 1.807) is 52.1 Å². The standard InChI is InChI=1S/C49H52N6O9S/c1-6-31-27-49(31,46(59)54-65(61,62)34-18-11-8-12-19-34)53-44(57)39-25-33(64-41-26-37(29-15-9-7-10-16-29)50-38-24-32(63-5)21-22-36(38)41)28-55(39)47(60)52-43(48(2,3)4)45(58)51-42-35-20-14-13-17-30(35)23-40(42)56/h6-22,24,26,31,33,39-40,42-43,56H,1,23,25,27-28H2,2-5H3,(H,51,58)(H,52,60)(H,53,57)(H,54,59)/t31?,33-,39+,40-,42+,43-,49?/m1/s1. The lowest BCUT2D eigenvalue weighted by atomic mass is 9.86. The van der Waals surface area contributed by atoms with Gasteiger partial charge in [0.1, 0.15) is 35.2 Å². The van der Waals surface area contributed by atoms with Crippen molar-refractivity contribution in [2.75, 3.05) is 13.7 Å². The molecule has 1 aliphatic heterocycles. The third-order valence-corrected chi connectivity index (χ3v) is 13.7. The van der Waals surface area contributed by atoms with Gasteiger partial charge in [-0.1, -0.05) is 99.6 Å². The van der Waals surface area contributed by atoms with Crippen molar-refractivity contribution in [3.8, 4) is 22.8 Å². The average molecular weight is 901 g/mol. The smallest absolute Gasteiger partial charge is 0.318 e. The zero-order chi connectivity index (χ0) is 46.3. The predicted molar refractivity (Wildman–Crippen MR) is 243 cm³/mol. The first-order valence-electron chi connectivity index (χ1n) is 21.4. The fourth-order valence-corrected chi connectivity index (χ4v) is 9.83. The van der Waals surface area contributed by atoms with Crippen molar-refractivity contribution in [1.29, 1.82) is 0 Å². The number of amides is 5. The molecule has 15 nitrogen and oxygen atoms in total. The molecule has 338 valence electrons. The summed E-state index contributed by atoms with van der Waals surface area (Å²) in [7, 11) is -2.76. The van der Waals surface area contributed by atoms with Crippen LogP contribution in [0.2, 0.25) is 0 Å². The summed E-state index contributed by atoms with van der Waals surface area (Å²) >= 11 is 0. The number of aliphatic hydroxyl groups is 1. The maximum Gasteiger partial charge on any atom is 0.318 e. The van der Waals surface area contributed by atoms with Crippen LogP contribution in [0.15, 0.2) is 127 Å². The van der Waals surface area contributed by atoms with Gasteiger partial charge in [0, 0.05) is 41.8 Å². The number of fused-ring (bicyclic) bond motifs is 2. The van der Waals surface area contributed by atoms with Crippen molar-refractivity contribution in [2.45, 2.75) is 80.8 Å². The van der Waals surface area contributed by atoms with Gasteiger partial charge in [-0.25, -0.2) is 22.9 Å². The lowest BCUT2D eigenvalue weighted by molar-refractivity contribution is -0.131. The summed E-state index contributed by atoms with van der Waals surface area (Å²) in [5.74, 6) is -1.82. The Balaban J connectivity index is 1.10. The van der Waals surface area contributed by atoms with Crippen LogP contribution in [0.4, 0.5) is 4.79 Å². The Morgan fingerprint density at radius 3 is 2.32 bits per heavy atom.